The zero-order chi connectivity index (χ0) is 15.9. The minimum absolute atomic E-state index is 0.126. The van der Waals surface area contributed by atoms with Crippen LogP contribution in [0.4, 0.5) is 5.69 Å². The number of esters is 1. The number of anilines is 1. The number of amides is 1. The first kappa shape index (κ1) is 16.3. The van der Waals surface area contributed by atoms with Crippen molar-refractivity contribution in [1.82, 2.24) is 4.90 Å². The molecule has 1 heterocycles. The van der Waals surface area contributed by atoms with Crippen LogP contribution in [-0.2, 0) is 14.3 Å². The SMILES string of the molecule is CCN(CC(=O)Nc1ccccc1OC)CC1CCOC1=O. The fourth-order valence-corrected chi connectivity index (χ4v) is 2.46. The van der Waals surface area contributed by atoms with Crippen molar-refractivity contribution in [2.75, 3.05) is 38.7 Å². The summed E-state index contributed by atoms with van der Waals surface area (Å²) in [7, 11) is 1.56. The highest BCUT2D eigenvalue weighted by molar-refractivity contribution is 5.93. The predicted octanol–water partition coefficient (Wildman–Crippen LogP) is 1.52. The van der Waals surface area contributed by atoms with E-state index in [1.54, 1.807) is 19.2 Å². The van der Waals surface area contributed by atoms with Crippen LogP contribution in [-0.4, -0.2) is 50.1 Å². The van der Waals surface area contributed by atoms with Crippen molar-refractivity contribution >= 4 is 17.6 Å². The van der Waals surface area contributed by atoms with Gasteiger partial charge in [0.1, 0.15) is 5.75 Å². The molecule has 0 aromatic heterocycles. The molecule has 120 valence electrons. The van der Waals surface area contributed by atoms with Gasteiger partial charge < -0.3 is 14.8 Å². The van der Waals surface area contributed by atoms with E-state index in [0.717, 1.165) is 6.42 Å². The van der Waals surface area contributed by atoms with Crippen molar-refractivity contribution in [2.24, 2.45) is 5.92 Å². The number of methoxy groups -OCH3 is 1. The summed E-state index contributed by atoms with van der Waals surface area (Å²) < 4.78 is 10.2. The maximum atomic E-state index is 12.2. The first-order chi connectivity index (χ1) is 10.6. The van der Waals surface area contributed by atoms with E-state index in [1.165, 1.54) is 0 Å². The molecule has 1 aromatic rings. The lowest BCUT2D eigenvalue weighted by Gasteiger charge is -2.22. The minimum Gasteiger partial charge on any atom is -0.495 e. The van der Waals surface area contributed by atoms with Crippen molar-refractivity contribution in [3.8, 4) is 5.75 Å². The summed E-state index contributed by atoms with van der Waals surface area (Å²) >= 11 is 0. The van der Waals surface area contributed by atoms with Crippen LogP contribution >= 0.6 is 0 Å². The van der Waals surface area contributed by atoms with Crippen molar-refractivity contribution in [2.45, 2.75) is 13.3 Å². The van der Waals surface area contributed by atoms with Gasteiger partial charge in [0, 0.05) is 6.54 Å². The Labute approximate surface area is 130 Å². The number of hydrogen-bond acceptors (Lipinski definition) is 5. The fraction of sp³-hybridized carbons (Fsp3) is 0.500. The second kappa shape index (κ2) is 7.79. The van der Waals surface area contributed by atoms with Gasteiger partial charge in [-0.3, -0.25) is 14.5 Å². The van der Waals surface area contributed by atoms with Crippen molar-refractivity contribution < 1.29 is 19.1 Å². The number of cyclic esters (lactones) is 1. The van der Waals surface area contributed by atoms with Gasteiger partial charge >= 0.3 is 5.97 Å². The lowest BCUT2D eigenvalue weighted by atomic mass is 10.1. The maximum absolute atomic E-state index is 12.2. The van der Waals surface area contributed by atoms with E-state index in [-0.39, 0.29) is 24.3 Å². The van der Waals surface area contributed by atoms with Gasteiger partial charge in [0.2, 0.25) is 5.91 Å². The van der Waals surface area contributed by atoms with Crippen LogP contribution in [0.3, 0.4) is 0 Å². The largest absolute Gasteiger partial charge is 0.495 e. The molecule has 0 radical (unpaired) electrons. The highest BCUT2D eigenvalue weighted by Crippen LogP contribution is 2.23. The van der Waals surface area contributed by atoms with E-state index in [1.807, 2.05) is 24.0 Å². The van der Waals surface area contributed by atoms with Gasteiger partial charge in [0.25, 0.3) is 0 Å². The second-order valence-corrected chi connectivity index (χ2v) is 5.23. The van der Waals surface area contributed by atoms with Gasteiger partial charge in [-0.05, 0) is 25.1 Å². The third-order valence-electron chi connectivity index (χ3n) is 3.72. The van der Waals surface area contributed by atoms with E-state index in [9.17, 15) is 9.59 Å². The van der Waals surface area contributed by atoms with Gasteiger partial charge in [-0.25, -0.2) is 0 Å². The van der Waals surface area contributed by atoms with Crippen LogP contribution in [0.1, 0.15) is 13.3 Å². The minimum atomic E-state index is -0.163. The molecule has 0 aliphatic carbocycles. The number of carbonyl (C=O) groups excluding carboxylic acids is 2. The number of benzene rings is 1. The zero-order valence-corrected chi connectivity index (χ0v) is 13.0. The average Bonchev–Trinajstić information content (AvgIpc) is 2.92. The first-order valence-corrected chi connectivity index (χ1v) is 7.46. The summed E-state index contributed by atoms with van der Waals surface area (Å²) in [5.41, 5.74) is 0.645. The summed E-state index contributed by atoms with van der Waals surface area (Å²) in [6.07, 6.45) is 0.726. The van der Waals surface area contributed by atoms with E-state index in [0.29, 0.717) is 31.1 Å². The maximum Gasteiger partial charge on any atom is 0.310 e. The molecule has 0 spiro atoms. The van der Waals surface area contributed by atoms with Crippen LogP contribution in [0.5, 0.6) is 5.75 Å². The molecule has 1 aliphatic heterocycles. The standard InChI is InChI=1S/C16H22N2O4/c1-3-18(10-12-8-9-22-16(12)20)11-15(19)17-13-6-4-5-7-14(13)21-2/h4-7,12H,3,8-11H2,1-2H3,(H,17,19). The van der Waals surface area contributed by atoms with E-state index in [4.69, 9.17) is 9.47 Å². The van der Waals surface area contributed by atoms with Crippen LogP contribution in [0.15, 0.2) is 24.3 Å². The normalized spacial score (nSPS) is 17.4. The monoisotopic (exact) mass is 306 g/mol. The van der Waals surface area contributed by atoms with Gasteiger partial charge in [0.05, 0.1) is 31.9 Å². The second-order valence-electron chi connectivity index (χ2n) is 5.23. The molecular weight excluding hydrogens is 284 g/mol. The highest BCUT2D eigenvalue weighted by atomic mass is 16.5. The summed E-state index contributed by atoms with van der Waals surface area (Å²) in [6.45, 7) is 3.93. The molecule has 1 aromatic carbocycles. The number of ether oxygens (including phenoxy) is 2. The first-order valence-electron chi connectivity index (χ1n) is 7.46. The summed E-state index contributed by atoms with van der Waals surface area (Å²) in [5, 5.41) is 2.84. The average molecular weight is 306 g/mol. The van der Waals surface area contributed by atoms with Gasteiger partial charge in [-0.15, -0.1) is 0 Å². The smallest absolute Gasteiger partial charge is 0.310 e. The Morgan fingerprint density at radius 1 is 1.45 bits per heavy atom. The van der Waals surface area contributed by atoms with E-state index in [2.05, 4.69) is 5.32 Å². The van der Waals surface area contributed by atoms with Crippen LogP contribution in [0, 0.1) is 5.92 Å². The summed E-state index contributed by atoms with van der Waals surface area (Å²) in [6, 6.07) is 7.27. The van der Waals surface area contributed by atoms with Crippen LogP contribution < -0.4 is 10.1 Å². The molecule has 1 amide bonds. The number of nitrogens with zero attached hydrogens (tertiary/aromatic N) is 1. The van der Waals surface area contributed by atoms with Gasteiger partial charge in [-0.2, -0.15) is 0 Å². The Balaban J connectivity index is 1.90. The molecule has 2 rings (SSSR count). The number of likely N-dealkylation sites (N-methyl/N-ethyl adjacent to an activating group) is 1. The Bertz CT molecular complexity index is 533. The van der Waals surface area contributed by atoms with Crippen molar-refractivity contribution in [1.29, 1.82) is 0 Å². The Kier molecular flexibility index (Phi) is 5.77. The molecule has 1 N–H and O–H groups in total. The summed E-state index contributed by atoms with van der Waals surface area (Å²) in [4.78, 5) is 25.6. The molecule has 1 unspecified atom stereocenters. The molecular formula is C16H22N2O4. The topological polar surface area (TPSA) is 67.9 Å². The number of carbonyl (C=O) groups is 2. The number of rotatable bonds is 7. The number of hydrogen-bond donors (Lipinski definition) is 1. The lowest BCUT2D eigenvalue weighted by molar-refractivity contribution is -0.142. The lowest BCUT2D eigenvalue weighted by Crippen LogP contribution is -2.37. The van der Waals surface area contributed by atoms with E-state index < -0.39 is 0 Å². The third kappa shape index (κ3) is 4.21. The zero-order valence-electron chi connectivity index (χ0n) is 13.0. The molecule has 1 fully saturated rings. The molecule has 22 heavy (non-hydrogen) atoms. The molecule has 6 nitrogen and oxygen atoms in total. The fourth-order valence-electron chi connectivity index (χ4n) is 2.46. The van der Waals surface area contributed by atoms with Crippen LogP contribution in [0.25, 0.3) is 0 Å². The van der Waals surface area contributed by atoms with E-state index >= 15 is 0 Å². The molecule has 1 aliphatic rings. The molecule has 1 saturated heterocycles. The highest BCUT2D eigenvalue weighted by Gasteiger charge is 2.28. The summed E-state index contributed by atoms with van der Waals surface area (Å²) in [5.74, 6) is 0.207. The molecule has 1 atom stereocenters. The Morgan fingerprint density at radius 2 is 2.23 bits per heavy atom. The van der Waals surface area contributed by atoms with Crippen molar-refractivity contribution in [3.05, 3.63) is 24.3 Å². The molecule has 0 saturated carbocycles. The Hall–Kier alpha value is -2.08. The van der Waals surface area contributed by atoms with Gasteiger partial charge in [-0.1, -0.05) is 19.1 Å². The molecule has 0 bridgehead atoms. The van der Waals surface area contributed by atoms with Gasteiger partial charge in [0.15, 0.2) is 0 Å². The number of para-hydroxylation sites is 2. The predicted molar refractivity (Wildman–Crippen MR) is 82.8 cm³/mol. The third-order valence-corrected chi connectivity index (χ3v) is 3.72. The molecule has 6 heteroatoms. The van der Waals surface area contributed by atoms with Crippen LogP contribution in [0.2, 0.25) is 0 Å². The quantitative estimate of drug-likeness (QED) is 0.774. The Morgan fingerprint density at radius 3 is 2.86 bits per heavy atom. The number of nitrogens with one attached hydrogen (secondary N) is 1. The van der Waals surface area contributed by atoms with Crippen molar-refractivity contribution in [3.63, 3.8) is 0 Å².